The summed E-state index contributed by atoms with van der Waals surface area (Å²) < 4.78 is 11.3. The van der Waals surface area contributed by atoms with Crippen molar-refractivity contribution in [2.24, 2.45) is 11.1 Å². The summed E-state index contributed by atoms with van der Waals surface area (Å²) in [5, 5.41) is 2.78. The average Bonchev–Trinajstić information content (AvgIpc) is 2.88. The van der Waals surface area contributed by atoms with Crippen LogP contribution in [0.3, 0.4) is 0 Å². The summed E-state index contributed by atoms with van der Waals surface area (Å²) in [6, 6.07) is 18.4. The van der Waals surface area contributed by atoms with E-state index in [-0.39, 0.29) is 31.6 Å². The molecule has 0 spiro atoms. The van der Waals surface area contributed by atoms with E-state index in [1.165, 1.54) is 0 Å². The Kier molecular flexibility index (Phi) is 9.83. The highest BCUT2D eigenvalue weighted by atomic mass is 16.5. The lowest BCUT2D eigenvalue weighted by Crippen LogP contribution is -2.60. The highest BCUT2D eigenvalue weighted by Crippen LogP contribution is 2.35. The molecule has 0 unspecified atom stereocenters. The highest BCUT2D eigenvalue weighted by molar-refractivity contribution is 5.92. The van der Waals surface area contributed by atoms with Gasteiger partial charge >= 0.3 is 5.97 Å². The Bertz CT molecular complexity index is 1040. The van der Waals surface area contributed by atoms with Gasteiger partial charge in [0.15, 0.2) is 0 Å². The van der Waals surface area contributed by atoms with Gasteiger partial charge < -0.3 is 25.4 Å². The van der Waals surface area contributed by atoms with E-state index in [2.05, 4.69) is 5.32 Å². The number of nitrogens with two attached hydrogens (primary N) is 1. The Morgan fingerprint density at radius 1 is 1.05 bits per heavy atom. The molecular formula is C29H39N3O5. The second kappa shape index (κ2) is 12.8. The Balaban J connectivity index is 1.79. The maximum atomic E-state index is 13.8. The number of amides is 2. The molecule has 0 radical (unpaired) electrons. The Morgan fingerprint density at radius 3 is 2.27 bits per heavy atom. The molecule has 200 valence electrons. The zero-order valence-corrected chi connectivity index (χ0v) is 22.1. The average molecular weight is 510 g/mol. The molecular weight excluding hydrogens is 470 g/mol. The van der Waals surface area contributed by atoms with Crippen LogP contribution in [0.1, 0.15) is 44.7 Å². The van der Waals surface area contributed by atoms with Gasteiger partial charge in [-0.15, -0.1) is 0 Å². The molecule has 3 N–H and O–H groups in total. The summed E-state index contributed by atoms with van der Waals surface area (Å²) in [5.74, 6) is -1.06. The lowest BCUT2D eigenvalue weighted by Gasteiger charge is -2.42. The molecule has 1 saturated heterocycles. The van der Waals surface area contributed by atoms with Crippen molar-refractivity contribution in [1.82, 2.24) is 10.2 Å². The molecule has 2 aromatic carbocycles. The molecule has 0 saturated carbocycles. The van der Waals surface area contributed by atoms with Gasteiger partial charge in [0.05, 0.1) is 30.8 Å². The standard InChI is InChI=1S/C29H39N3O5/c1-4-37-27(35)29(18-22-12-7-5-8-13-22)16-11-17-32(21-29)25(33)24(31-26(34)28(2,3)30)20-36-19-23-14-9-6-10-15-23/h5-10,12-15,24H,4,11,16-21,30H2,1-3H3,(H,31,34)/t24-,29+/m1/s1. The molecule has 1 aliphatic rings. The SMILES string of the molecule is CCOC(=O)[C@]1(Cc2ccccc2)CCCN(C(=O)[C@@H](COCc2ccccc2)NC(=O)C(C)(C)N)C1. The third-order valence-electron chi connectivity index (χ3n) is 6.57. The number of hydrogen-bond acceptors (Lipinski definition) is 6. The zero-order chi connectivity index (χ0) is 26.9. The van der Waals surface area contributed by atoms with E-state index >= 15 is 0 Å². The van der Waals surface area contributed by atoms with Crippen LogP contribution >= 0.6 is 0 Å². The van der Waals surface area contributed by atoms with Gasteiger partial charge in [0.25, 0.3) is 0 Å². The van der Waals surface area contributed by atoms with Gasteiger partial charge in [-0.05, 0) is 51.2 Å². The van der Waals surface area contributed by atoms with Gasteiger partial charge in [-0.3, -0.25) is 14.4 Å². The lowest BCUT2D eigenvalue weighted by atomic mass is 9.75. The van der Waals surface area contributed by atoms with Crippen molar-refractivity contribution < 1.29 is 23.9 Å². The second-order valence-corrected chi connectivity index (χ2v) is 10.3. The van der Waals surface area contributed by atoms with Crippen LogP contribution in [0.5, 0.6) is 0 Å². The Labute approximate surface area is 219 Å². The fraction of sp³-hybridized carbons (Fsp3) is 0.483. The van der Waals surface area contributed by atoms with E-state index in [1.807, 2.05) is 60.7 Å². The number of rotatable bonds is 11. The van der Waals surface area contributed by atoms with Crippen LogP contribution in [-0.4, -0.2) is 60.6 Å². The van der Waals surface area contributed by atoms with Crippen LogP contribution in [0.25, 0.3) is 0 Å². The number of nitrogens with zero attached hydrogens (tertiary/aromatic N) is 1. The Morgan fingerprint density at radius 2 is 1.68 bits per heavy atom. The summed E-state index contributed by atoms with van der Waals surface area (Å²) in [6.07, 6.45) is 1.72. The number of hydrogen-bond donors (Lipinski definition) is 2. The molecule has 0 aromatic heterocycles. The van der Waals surface area contributed by atoms with Crippen LogP contribution in [0.4, 0.5) is 0 Å². The van der Waals surface area contributed by atoms with E-state index < -0.39 is 22.9 Å². The maximum Gasteiger partial charge on any atom is 0.314 e. The molecule has 8 nitrogen and oxygen atoms in total. The molecule has 2 atom stereocenters. The first-order chi connectivity index (χ1) is 17.6. The van der Waals surface area contributed by atoms with Crippen LogP contribution in [-0.2, 0) is 36.9 Å². The molecule has 0 bridgehead atoms. The van der Waals surface area contributed by atoms with E-state index in [0.29, 0.717) is 32.4 Å². The maximum absolute atomic E-state index is 13.8. The smallest absolute Gasteiger partial charge is 0.314 e. The van der Waals surface area contributed by atoms with Gasteiger partial charge in [-0.1, -0.05) is 60.7 Å². The molecule has 2 aromatic rings. The fourth-order valence-corrected chi connectivity index (χ4v) is 4.58. The topological polar surface area (TPSA) is 111 Å². The minimum Gasteiger partial charge on any atom is -0.466 e. The van der Waals surface area contributed by atoms with Crippen molar-refractivity contribution in [3.63, 3.8) is 0 Å². The normalized spacial score (nSPS) is 18.6. The molecule has 1 fully saturated rings. The summed E-state index contributed by atoms with van der Waals surface area (Å²) >= 11 is 0. The largest absolute Gasteiger partial charge is 0.466 e. The van der Waals surface area contributed by atoms with Crippen molar-refractivity contribution in [3.8, 4) is 0 Å². The summed E-state index contributed by atoms with van der Waals surface area (Å²) in [5.41, 5.74) is 5.93. The number of ether oxygens (including phenoxy) is 2. The third-order valence-corrected chi connectivity index (χ3v) is 6.57. The quantitative estimate of drug-likeness (QED) is 0.451. The van der Waals surface area contributed by atoms with Crippen molar-refractivity contribution in [2.45, 2.75) is 58.2 Å². The van der Waals surface area contributed by atoms with Crippen molar-refractivity contribution >= 4 is 17.8 Å². The summed E-state index contributed by atoms with van der Waals surface area (Å²) in [4.78, 5) is 41.4. The van der Waals surface area contributed by atoms with Crippen molar-refractivity contribution in [1.29, 1.82) is 0 Å². The Hall–Kier alpha value is -3.23. The van der Waals surface area contributed by atoms with Gasteiger partial charge in [0.1, 0.15) is 6.04 Å². The molecule has 3 rings (SSSR count). The van der Waals surface area contributed by atoms with Crippen LogP contribution < -0.4 is 11.1 Å². The molecule has 0 aliphatic carbocycles. The number of piperidine rings is 1. The van der Waals surface area contributed by atoms with Gasteiger partial charge in [-0.2, -0.15) is 0 Å². The van der Waals surface area contributed by atoms with E-state index in [4.69, 9.17) is 15.2 Å². The summed E-state index contributed by atoms with van der Waals surface area (Å²) in [7, 11) is 0. The highest BCUT2D eigenvalue weighted by Gasteiger charge is 2.46. The predicted octanol–water partition coefficient (Wildman–Crippen LogP) is 2.84. The monoisotopic (exact) mass is 509 g/mol. The second-order valence-electron chi connectivity index (χ2n) is 10.3. The number of likely N-dealkylation sites (tertiary alicyclic amines) is 1. The summed E-state index contributed by atoms with van der Waals surface area (Å²) in [6.45, 7) is 6.18. The first kappa shape index (κ1) is 28.3. The van der Waals surface area contributed by atoms with E-state index in [0.717, 1.165) is 11.1 Å². The minimum atomic E-state index is -1.16. The van der Waals surface area contributed by atoms with Crippen LogP contribution in [0.2, 0.25) is 0 Å². The van der Waals surface area contributed by atoms with Gasteiger partial charge in [0, 0.05) is 13.1 Å². The van der Waals surface area contributed by atoms with Crippen LogP contribution in [0.15, 0.2) is 60.7 Å². The molecule has 1 heterocycles. The van der Waals surface area contributed by atoms with E-state index in [9.17, 15) is 14.4 Å². The van der Waals surface area contributed by atoms with Gasteiger partial charge in [-0.25, -0.2) is 0 Å². The van der Waals surface area contributed by atoms with Crippen molar-refractivity contribution in [3.05, 3.63) is 71.8 Å². The molecule has 2 amide bonds. The molecule has 1 aliphatic heterocycles. The predicted molar refractivity (Wildman–Crippen MR) is 141 cm³/mol. The fourth-order valence-electron chi connectivity index (χ4n) is 4.58. The third kappa shape index (κ3) is 7.87. The number of nitrogens with one attached hydrogen (secondary N) is 1. The molecule has 37 heavy (non-hydrogen) atoms. The van der Waals surface area contributed by atoms with Crippen molar-refractivity contribution in [2.75, 3.05) is 26.3 Å². The number of esters is 1. The number of carbonyl (C=O) groups is 3. The zero-order valence-electron chi connectivity index (χ0n) is 22.1. The van der Waals surface area contributed by atoms with Gasteiger partial charge in [0.2, 0.25) is 11.8 Å². The number of benzene rings is 2. The van der Waals surface area contributed by atoms with E-state index in [1.54, 1.807) is 25.7 Å². The lowest BCUT2D eigenvalue weighted by molar-refractivity contribution is -0.161. The first-order valence-corrected chi connectivity index (χ1v) is 12.9. The van der Waals surface area contributed by atoms with Crippen LogP contribution in [0, 0.1) is 5.41 Å². The number of carbonyl (C=O) groups excluding carboxylic acids is 3. The minimum absolute atomic E-state index is 0.0167. The first-order valence-electron chi connectivity index (χ1n) is 12.9. The molecule has 8 heteroatoms.